The number of hydrogen-bond donors (Lipinski definition) is 1. The van der Waals surface area contributed by atoms with Crippen LogP contribution in [-0.4, -0.2) is 39.2 Å². The molecule has 1 aromatic heterocycles. The topological polar surface area (TPSA) is 88.4 Å². The largest absolute Gasteiger partial charge is 0.494 e. The summed E-state index contributed by atoms with van der Waals surface area (Å²) < 4.78 is 33.6. The number of nitrogens with one attached hydrogen (secondary N) is 1. The van der Waals surface area contributed by atoms with Gasteiger partial charge in [0.05, 0.1) is 18.3 Å². The molecular weight excluding hydrogens is 390 g/mol. The average Bonchev–Trinajstić information content (AvgIpc) is 3.22. The van der Waals surface area contributed by atoms with E-state index in [1.807, 2.05) is 6.07 Å². The molecule has 1 atom stereocenters. The highest BCUT2D eigenvalue weighted by Crippen LogP contribution is 2.43. The van der Waals surface area contributed by atoms with E-state index in [-0.39, 0.29) is 18.3 Å². The third-order valence-electron chi connectivity index (χ3n) is 4.93. The van der Waals surface area contributed by atoms with Gasteiger partial charge in [-0.3, -0.25) is 4.79 Å². The lowest BCUT2D eigenvalue weighted by molar-refractivity contribution is 0.0899. The number of fused-ring (bicyclic) bond motifs is 3. The number of rotatable bonds is 7. The molecule has 0 radical (unpaired) electrons. The Morgan fingerprint density at radius 3 is 2.73 bits per heavy atom. The molecule has 3 aromatic rings. The third-order valence-corrected chi connectivity index (χ3v) is 4.93. The second-order valence-corrected chi connectivity index (χ2v) is 7.05. The molecule has 3 heterocycles. The fourth-order valence-electron chi connectivity index (χ4n) is 3.41. The van der Waals surface area contributed by atoms with E-state index in [9.17, 15) is 4.79 Å². The van der Waals surface area contributed by atoms with E-state index >= 15 is 0 Å². The highest BCUT2D eigenvalue weighted by Gasteiger charge is 2.25. The summed E-state index contributed by atoms with van der Waals surface area (Å²) in [5.41, 5.74) is 0.473. The van der Waals surface area contributed by atoms with Gasteiger partial charge in [0.25, 0.3) is 0 Å². The fraction of sp³-hybridized carbons (Fsp3) is 0.318. The van der Waals surface area contributed by atoms with Gasteiger partial charge in [-0.25, -0.2) is 0 Å². The molecule has 2 aliphatic rings. The van der Waals surface area contributed by atoms with Crippen LogP contribution in [0, 0.1) is 0 Å². The van der Waals surface area contributed by atoms with Crippen LogP contribution in [0.15, 0.2) is 51.9 Å². The zero-order chi connectivity index (χ0) is 20.3. The fourth-order valence-corrected chi connectivity index (χ4v) is 3.41. The maximum absolute atomic E-state index is 11.9. The second kappa shape index (κ2) is 8.16. The van der Waals surface area contributed by atoms with Gasteiger partial charge in [-0.05, 0) is 31.2 Å². The Labute approximate surface area is 172 Å². The predicted molar refractivity (Wildman–Crippen MR) is 108 cm³/mol. The standard InChI is InChI=1S/C22H21NO7/c24-17-4-7-26-18-3-2-14(8-16(17)18)25-6-1-5-23-11-15-12-27-21-9-19-20(29-13-28-19)10-22(21)30-15/h2-4,7-10,15,23H,1,5-6,11-13H2. The molecule has 1 N–H and O–H groups in total. The highest BCUT2D eigenvalue weighted by atomic mass is 16.7. The lowest BCUT2D eigenvalue weighted by atomic mass is 10.2. The van der Waals surface area contributed by atoms with Crippen LogP contribution >= 0.6 is 0 Å². The van der Waals surface area contributed by atoms with Crippen molar-refractivity contribution in [3.63, 3.8) is 0 Å². The van der Waals surface area contributed by atoms with Crippen LogP contribution in [0.5, 0.6) is 28.7 Å². The van der Waals surface area contributed by atoms with E-state index in [1.165, 1.54) is 12.3 Å². The normalized spacial score (nSPS) is 16.6. The molecule has 0 spiro atoms. The van der Waals surface area contributed by atoms with Crippen LogP contribution in [0.25, 0.3) is 11.0 Å². The van der Waals surface area contributed by atoms with Crippen molar-refractivity contribution in [2.75, 3.05) is 33.1 Å². The molecule has 156 valence electrons. The maximum Gasteiger partial charge on any atom is 0.231 e. The zero-order valence-electron chi connectivity index (χ0n) is 16.2. The Kier molecular flexibility index (Phi) is 5.06. The molecule has 2 aromatic carbocycles. The van der Waals surface area contributed by atoms with Crippen LogP contribution in [0.3, 0.4) is 0 Å². The van der Waals surface area contributed by atoms with Crippen LogP contribution in [-0.2, 0) is 0 Å². The lowest BCUT2D eigenvalue weighted by Crippen LogP contribution is -2.39. The van der Waals surface area contributed by atoms with Gasteiger partial charge in [-0.2, -0.15) is 0 Å². The summed E-state index contributed by atoms with van der Waals surface area (Å²) in [6.45, 7) is 2.65. The molecule has 0 saturated heterocycles. The van der Waals surface area contributed by atoms with Crippen molar-refractivity contribution in [1.82, 2.24) is 5.32 Å². The van der Waals surface area contributed by atoms with Crippen molar-refractivity contribution in [3.8, 4) is 28.7 Å². The summed E-state index contributed by atoms with van der Waals surface area (Å²) in [5.74, 6) is 3.35. The van der Waals surface area contributed by atoms with Gasteiger partial charge in [0.15, 0.2) is 28.4 Å². The molecule has 5 rings (SSSR count). The van der Waals surface area contributed by atoms with Crippen molar-refractivity contribution in [3.05, 3.63) is 52.9 Å². The summed E-state index contributed by atoms with van der Waals surface area (Å²) in [6.07, 6.45) is 2.12. The van der Waals surface area contributed by atoms with E-state index in [0.717, 1.165) is 13.0 Å². The highest BCUT2D eigenvalue weighted by molar-refractivity contribution is 5.77. The van der Waals surface area contributed by atoms with Gasteiger partial charge in [-0.15, -0.1) is 0 Å². The maximum atomic E-state index is 11.9. The first kappa shape index (κ1) is 18.6. The molecule has 0 bridgehead atoms. The minimum absolute atomic E-state index is 0.0799. The predicted octanol–water partition coefficient (Wildman–Crippen LogP) is 2.72. The quantitative estimate of drug-likeness (QED) is 0.594. The minimum Gasteiger partial charge on any atom is -0.494 e. The van der Waals surface area contributed by atoms with Gasteiger partial charge < -0.3 is 33.4 Å². The van der Waals surface area contributed by atoms with Gasteiger partial charge in [0.1, 0.15) is 24.0 Å². The van der Waals surface area contributed by atoms with Gasteiger partial charge in [-0.1, -0.05) is 0 Å². The van der Waals surface area contributed by atoms with E-state index in [2.05, 4.69) is 5.32 Å². The first-order valence-corrected chi connectivity index (χ1v) is 9.84. The average molecular weight is 411 g/mol. The van der Waals surface area contributed by atoms with Crippen molar-refractivity contribution in [2.24, 2.45) is 0 Å². The van der Waals surface area contributed by atoms with Crippen molar-refractivity contribution < 1.29 is 28.1 Å². The Bertz CT molecular complexity index is 1110. The van der Waals surface area contributed by atoms with Crippen LogP contribution in [0.4, 0.5) is 0 Å². The zero-order valence-corrected chi connectivity index (χ0v) is 16.2. The Morgan fingerprint density at radius 2 is 1.83 bits per heavy atom. The number of benzene rings is 2. The minimum atomic E-state index is -0.0847. The van der Waals surface area contributed by atoms with E-state index < -0.39 is 0 Å². The summed E-state index contributed by atoms with van der Waals surface area (Å²) in [4.78, 5) is 11.9. The van der Waals surface area contributed by atoms with Crippen molar-refractivity contribution in [1.29, 1.82) is 0 Å². The van der Waals surface area contributed by atoms with Gasteiger partial charge in [0.2, 0.25) is 6.79 Å². The molecule has 8 heteroatoms. The molecule has 1 unspecified atom stereocenters. The molecule has 0 aliphatic carbocycles. The molecule has 8 nitrogen and oxygen atoms in total. The summed E-state index contributed by atoms with van der Waals surface area (Å²) in [6, 6.07) is 10.3. The molecule has 0 amide bonds. The lowest BCUT2D eigenvalue weighted by Gasteiger charge is -2.27. The molecule has 30 heavy (non-hydrogen) atoms. The first-order valence-electron chi connectivity index (χ1n) is 9.84. The van der Waals surface area contributed by atoms with Gasteiger partial charge in [0, 0.05) is 24.7 Å². The Morgan fingerprint density at radius 1 is 1.00 bits per heavy atom. The number of ether oxygens (including phenoxy) is 5. The Hall–Kier alpha value is -3.39. The molecule has 0 fully saturated rings. The van der Waals surface area contributed by atoms with Gasteiger partial charge >= 0.3 is 0 Å². The molecule has 2 aliphatic heterocycles. The summed E-state index contributed by atoms with van der Waals surface area (Å²) in [7, 11) is 0. The van der Waals surface area contributed by atoms with E-state index in [0.29, 0.717) is 59.5 Å². The van der Waals surface area contributed by atoms with Crippen molar-refractivity contribution >= 4 is 11.0 Å². The third kappa shape index (κ3) is 3.86. The SMILES string of the molecule is O=c1ccoc2ccc(OCCCNCC3COc4cc5c(cc4O3)OCO5)cc12. The Balaban J connectivity index is 1.05. The second-order valence-electron chi connectivity index (χ2n) is 7.05. The van der Waals surface area contributed by atoms with Crippen LogP contribution in [0.2, 0.25) is 0 Å². The van der Waals surface area contributed by atoms with E-state index in [4.69, 9.17) is 28.1 Å². The smallest absolute Gasteiger partial charge is 0.231 e. The first-order chi connectivity index (χ1) is 14.8. The number of hydrogen-bond acceptors (Lipinski definition) is 8. The van der Waals surface area contributed by atoms with Crippen LogP contribution in [0.1, 0.15) is 6.42 Å². The summed E-state index contributed by atoms with van der Waals surface area (Å²) >= 11 is 0. The van der Waals surface area contributed by atoms with E-state index in [1.54, 1.807) is 24.3 Å². The summed E-state index contributed by atoms with van der Waals surface area (Å²) in [5, 5.41) is 3.88. The molecular formula is C22H21NO7. The van der Waals surface area contributed by atoms with Crippen LogP contribution < -0.4 is 34.4 Å². The monoisotopic (exact) mass is 411 g/mol. The molecule has 0 saturated carbocycles. The van der Waals surface area contributed by atoms with Crippen molar-refractivity contribution in [2.45, 2.75) is 12.5 Å².